The Kier molecular flexibility index (Phi) is 6.77. The second-order valence-corrected chi connectivity index (χ2v) is 8.35. The van der Waals surface area contributed by atoms with Crippen LogP contribution in [-0.4, -0.2) is 28.9 Å². The van der Waals surface area contributed by atoms with E-state index in [1.54, 1.807) is 18.5 Å². The summed E-state index contributed by atoms with van der Waals surface area (Å²) in [6.07, 6.45) is 1.68. The normalized spacial score (nSPS) is 11.7. The van der Waals surface area contributed by atoms with Gasteiger partial charge in [-0.1, -0.05) is 20.8 Å². The van der Waals surface area contributed by atoms with E-state index in [0.29, 0.717) is 27.5 Å². The molecule has 140 valence electrons. The molecule has 1 aromatic heterocycles. The third kappa shape index (κ3) is 5.54. The van der Waals surface area contributed by atoms with Crippen LogP contribution in [0.2, 0.25) is 0 Å². The number of nitrogens with zero attached hydrogens (tertiary/aromatic N) is 2. The number of hydrogen-bond donors (Lipinski definition) is 2. The van der Waals surface area contributed by atoms with Gasteiger partial charge in [-0.05, 0) is 46.0 Å². The molecule has 0 aliphatic carbocycles. The molecule has 2 N–H and O–H groups in total. The zero-order valence-corrected chi connectivity index (χ0v) is 17.6. The molecule has 0 aliphatic heterocycles. The molecule has 0 saturated heterocycles. The minimum absolute atomic E-state index is 0.0520. The zero-order valence-electron chi connectivity index (χ0n) is 15.2. The molecule has 0 amide bonds. The molecule has 8 heteroatoms. The van der Waals surface area contributed by atoms with Crippen LogP contribution in [-0.2, 0) is 21.4 Å². The average molecular weight is 440 g/mol. The lowest BCUT2D eigenvalue weighted by Gasteiger charge is -2.20. The number of hydrogen-bond acceptors (Lipinski definition) is 7. The van der Waals surface area contributed by atoms with Crippen LogP contribution in [0.3, 0.4) is 0 Å². The van der Waals surface area contributed by atoms with E-state index in [1.807, 2.05) is 12.1 Å². The minimum Gasteiger partial charge on any atom is -0.506 e. The molecule has 0 unspecified atom stereocenters. The van der Waals surface area contributed by atoms with E-state index in [1.165, 1.54) is 11.3 Å². The second kappa shape index (κ2) is 8.64. The van der Waals surface area contributed by atoms with E-state index in [0.717, 1.165) is 5.56 Å². The number of ether oxygens (including phenoxy) is 1. The van der Waals surface area contributed by atoms with Gasteiger partial charge in [-0.25, -0.2) is 4.98 Å². The van der Waals surface area contributed by atoms with E-state index < -0.39 is 0 Å². The maximum Gasteiger partial charge on any atom is 0.311 e. The van der Waals surface area contributed by atoms with Crippen LogP contribution in [0.5, 0.6) is 5.75 Å². The van der Waals surface area contributed by atoms with Gasteiger partial charge in [0.25, 0.3) is 0 Å². The number of phenolic OH excluding ortho intramolecular Hbond substituents is 1. The molecule has 2 rings (SSSR count). The van der Waals surface area contributed by atoms with Gasteiger partial charge in [-0.2, -0.15) is 5.10 Å². The van der Waals surface area contributed by atoms with E-state index in [-0.39, 0.29) is 23.6 Å². The van der Waals surface area contributed by atoms with Crippen molar-refractivity contribution in [3.8, 4) is 5.75 Å². The fourth-order valence-electron chi connectivity index (χ4n) is 2.11. The first-order chi connectivity index (χ1) is 12.2. The second-order valence-electron chi connectivity index (χ2n) is 6.64. The van der Waals surface area contributed by atoms with Gasteiger partial charge >= 0.3 is 5.97 Å². The van der Waals surface area contributed by atoms with Crippen molar-refractivity contribution in [2.45, 2.75) is 39.5 Å². The molecule has 0 bridgehead atoms. The van der Waals surface area contributed by atoms with Crippen LogP contribution in [0.15, 0.2) is 27.1 Å². The standard InChI is InChI=1S/C18H22BrN3O3S/c1-5-25-15(23)8-13-10-26-17(21-13)22-20-9-11-6-12(18(2,3)4)7-14(19)16(11)24/h6-7,9-10,24H,5,8H2,1-4H3,(H,21,22). The van der Waals surface area contributed by atoms with E-state index in [2.05, 4.69) is 52.2 Å². The summed E-state index contributed by atoms with van der Waals surface area (Å²) in [5, 5.41) is 16.7. The summed E-state index contributed by atoms with van der Waals surface area (Å²) in [5.41, 5.74) is 5.08. The average Bonchev–Trinajstić information content (AvgIpc) is 2.97. The van der Waals surface area contributed by atoms with E-state index in [9.17, 15) is 9.90 Å². The fraction of sp³-hybridized carbons (Fsp3) is 0.389. The molecule has 2 aromatic rings. The number of anilines is 1. The number of halogens is 1. The molecule has 0 radical (unpaired) electrons. The monoisotopic (exact) mass is 439 g/mol. The largest absolute Gasteiger partial charge is 0.506 e. The number of thiazole rings is 1. The van der Waals surface area contributed by atoms with Crippen LogP contribution < -0.4 is 5.43 Å². The van der Waals surface area contributed by atoms with E-state index in [4.69, 9.17) is 4.74 Å². The van der Waals surface area contributed by atoms with Crippen molar-refractivity contribution in [2.75, 3.05) is 12.0 Å². The molecule has 1 heterocycles. The van der Waals surface area contributed by atoms with Crippen LogP contribution in [0.4, 0.5) is 5.13 Å². The first kappa shape index (κ1) is 20.4. The van der Waals surface area contributed by atoms with Crippen molar-refractivity contribution >= 4 is 44.6 Å². The number of hydrazone groups is 1. The van der Waals surface area contributed by atoms with Crippen LogP contribution in [0.1, 0.15) is 44.5 Å². The Labute approximate surface area is 165 Å². The molecule has 0 spiro atoms. The van der Waals surface area contributed by atoms with Crippen molar-refractivity contribution in [3.63, 3.8) is 0 Å². The van der Waals surface area contributed by atoms with Gasteiger partial charge < -0.3 is 9.84 Å². The molecule has 1 aromatic carbocycles. The Balaban J connectivity index is 2.08. The fourth-order valence-corrected chi connectivity index (χ4v) is 3.24. The Morgan fingerprint density at radius 1 is 1.46 bits per heavy atom. The summed E-state index contributed by atoms with van der Waals surface area (Å²) in [6, 6.07) is 3.81. The van der Waals surface area contributed by atoms with Gasteiger partial charge in [0.15, 0.2) is 0 Å². The maximum atomic E-state index is 11.5. The Morgan fingerprint density at radius 2 is 2.19 bits per heavy atom. The number of carbonyl (C=O) groups is 1. The van der Waals surface area contributed by atoms with Crippen molar-refractivity contribution in [1.82, 2.24) is 4.98 Å². The van der Waals surface area contributed by atoms with Gasteiger partial charge in [0, 0.05) is 10.9 Å². The molecule has 26 heavy (non-hydrogen) atoms. The Hall–Kier alpha value is -1.93. The molecular weight excluding hydrogens is 418 g/mol. The number of carbonyl (C=O) groups excluding carboxylic acids is 1. The van der Waals surface area contributed by atoms with Crippen LogP contribution in [0.25, 0.3) is 0 Å². The van der Waals surface area contributed by atoms with Crippen molar-refractivity contribution in [3.05, 3.63) is 38.8 Å². The lowest BCUT2D eigenvalue weighted by Crippen LogP contribution is -2.11. The van der Waals surface area contributed by atoms with Crippen molar-refractivity contribution in [1.29, 1.82) is 0 Å². The molecular formula is C18H22BrN3O3S. The summed E-state index contributed by atoms with van der Waals surface area (Å²) in [7, 11) is 0. The van der Waals surface area contributed by atoms with Gasteiger partial charge in [-0.15, -0.1) is 11.3 Å². The lowest BCUT2D eigenvalue weighted by molar-refractivity contribution is -0.142. The quantitative estimate of drug-likeness (QED) is 0.394. The highest BCUT2D eigenvalue weighted by molar-refractivity contribution is 9.10. The highest BCUT2D eigenvalue weighted by Gasteiger charge is 2.17. The van der Waals surface area contributed by atoms with Gasteiger partial charge in [0.1, 0.15) is 5.75 Å². The Morgan fingerprint density at radius 3 is 2.85 bits per heavy atom. The van der Waals surface area contributed by atoms with Crippen molar-refractivity contribution in [2.24, 2.45) is 5.10 Å². The topological polar surface area (TPSA) is 83.8 Å². The summed E-state index contributed by atoms with van der Waals surface area (Å²) in [6.45, 7) is 8.43. The number of benzene rings is 1. The summed E-state index contributed by atoms with van der Waals surface area (Å²) >= 11 is 4.72. The number of phenols is 1. The summed E-state index contributed by atoms with van der Waals surface area (Å²) in [4.78, 5) is 15.7. The maximum absolute atomic E-state index is 11.5. The van der Waals surface area contributed by atoms with Gasteiger partial charge in [0.2, 0.25) is 5.13 Å². The first-order valence-corrected chi connectivity index (χ1v) is 9.80. The zero-order chi connectivity index (χ0) is 19.3. The summed E-state index contributed by atoms with van der Waals surface area (Å²) < 4.78 is 5.52. The van der Waals surface area contributed by atoms with E-state index >= 15 is 0 Å². The predicted molar refractivity (Wildman–Crippen MR) is 108 cm³/mol. The number of esters is 1. The first-order valence-electron chi connectivity index (χ1n) is 8.12. The summed E-state index contributed by atoms with van der Waals surface area (Å²) in [5.74, 6) is -0.174. The van der Waals surface area contributed by atoms with Crippen molar-refractivity contribution < 1.29 is 14.6 Å². The molecule has 6 nitrogen and oxygen atoms in total. The van der Waals surface area contributed by atoms with Crippen LogP contribution >= 0.6 is 27.3 Å². The molecule has 0 saturated carbocycles. The molecule has 0 aliphatic rings. The smallest absolute Gasteiger partial charge is 0.311 e. The molecule has 0 fully saturated rings. The molecule has 0 atom stereocenters. The van der Waals surface area contributed by atoms with Crippen LogP contribution in [0, 0.1) is 0 Å². The number of rotatable bonds is 6. The Bertz CT molecular complexity index is 812. The van der Waals surface area contributed by atoms with Gasteiger partial charge in [0.05, 0.1) is 29.4 Å². The number of aromatic hydroxyl groups is 1. The van der Waals surface area contributed by atoms with Gasteiger partial charge in [-0.3, -0.25) is 10.2 Å². The third-order valence-electron chi connectivity index (χ3n) is 3.51. The highest BCUT2D eigenvalue weighted by Crippen LogP contribution is 2.33. The number of aromatic nitrogens is 1. The third-order valence-corrected chi connectivity index (χ3v) is 4.91. The predicted octanol–water partition coefficient (Wildman–Crippen LogP) is 4.46. The lowest BCUT2D eigenvalue weighted by atomic mass is 9.86. The minimum atomic E-state index is -0.304. The number of nitrogens with one attached hydrogen (secondary N) is 1. The SMILES string of the molecule is CCOC(=O)Cc1csc(NN=Cc2cc(C(C)(C)C)cc(Br)c2O)n1. The highest BCUT2D eigenvalue weighted by atomic mass is 79.9.